The van der Waals surface area contributed by atoms with Gasteiger partial charge in [0.05, 0.1) is 0 Å². The molecule has 110 valence electrons. The number of nitrogens with zero attached hydrogens (tertiary/aromatic N) is 3. The third-order valence-corrected chi connectivity index (χ3v) is 3.64. The highest BCUT2D eigenvalue weighted by atomic mass is 16.2. The molecule has 0 saturated carbocycles. The largest absolute Gasteiger partial charge is 0.348 e. The number of hydrogen-bond donors (Lipinski definition) is 1. The van der Waals surface area contributed by atoms with E-state index in [-0.39, 0.29) is 11.9 Å². The summed E-state index contributed by atoms with van der Waals surface area (Å²) in [7, 11) is 0. The minimum Gasteiger partial charge on any atom is -0.348 e. The van der Waals surface area contributed by atoms with Crippen LogP contribution in [0.2, 0.25) is 0 Å². The lowest BCUT2D eigenvalue weighted by Crippen LogP contribution is -2.44. The van der Waals surface area contributed by atoms with Crippen LogP contribution in [0.3, 0.4) is 0 Å². The number of likely N-dealkylation sites (tertiary alicyclic amines) is 1. The Balaban J connectivity index is 1.81. The number of nitrogens with one attached hydrogen (secondary N) is 1. The van der Waals surface area contributed by atoms with Crippen molar-refractivity contribution in [3.63, 3.8) is 0 Å². The zero-order valence-electron chi connectivity index (χ0n) is 12.2. The van der Waals surface area contributed by atoms with Gasteiger partial charge >= 0.3 is 0 Å². The zero-order valence-corrected chi connectivity index (χ0v) is 12.2. The Morgan fingerprint density at radius 2 is 2.30 bits per heavy atom. The molecule has 1 aromatic rings. The molecule has 1 fully saturated rings. The second kappa shape index (κ2) is 7.24. The lowest BCUT2D eigenvalue weighted by molar-refractivity contribution is 0.0908. The smallest absolute Gasteiger partial charge is 0.271 e. The second-order valence-corrected chi connectivity index (χ2v) is 5.30. The summed E-state index contributed by atoms with van der Waals surface area (Å²) in [6.45, 7) is 9.67. The molecule has 0 aromatic carbocycles. The number of piperidine rings is 1. The van der Waals surface area contributed by atoms with E-state index in [0.717, 1.165) is 45.4 Å². The van der Waals surface area contributed by atoms with Crippen LogP contribution in [-0.2, 0) is 6.54 Å². The standard InChI is InChI=1S/C15H24N4O/c1-3-8-18-10-5-13(6-11-18)16-15(20)14-7-12-19(17-14)9-4-2/h3,7,12-13H,1,4-6,8-11H2,2H3,(H,16,20). The van der Waals surface area contributed by atoms with Crippen molar-refractivity contribution in [2.75, 3.05) is 19.6 Å². The minimum absolute atomic E-state index is 0.0537. The van der Waals surface area contributed by atoms with Crippen molar-refractivity contribution in [1.29, 1.82) is 0 Å². The Bertz CT molecular complexity index is 446. The van der Waals surface area contributed by atoms with Crippen LogP contribution in [0.1, 0.15) is 36.7 Å². The van der Waals surface area contributed by atoms with Gasteiger partial charge in [0.1, 0.15) is 5.69 Å². The van der Waals surface area contributed by atoms with E-state index in [1.807, 2.05) is 17.0 Å². The number of carbonyl (C=O) groups excluding carboxylic acids is 1. The molecule has 1 saturated heterocycles. The van der Waals surface area contributed by atoms with E-state index in [9.17, 15) is 4.79 Å². The third kappa shape index (κ3) is 3.93. The molecule has 0 aliphatic carbocycles. The maximum absolute atomic E-state index is 12.1. The molecule has 0 spiro atoms. The number of aromatic nitrogens is 2. The fourth-order valence-corrected chi connectivity index (χ4v) is 2.54. The maximum Gasteiger partial charge on any atom is 0.271 e. The Kier molecular flexibility index (Phi) is 5.35. The lowest BCUT2D eigenvalue weighted by Gasteiger charge is -2.31. The van der Waals surface area contributed by atoms with Crippen molar-refractivity contribution in [3.05, 3.63) is 30.6 Å². The van der Waals surface area contributed by atoms with E-state index in [1.54, 1.807) is 6.07 Å². The molecular formula is C15H24N4O. The van der Waals surface area contributed by atoms with Crippen LogP contribution >= 0.6 is 0 Å². The van der Waals surface area contributed by atoms with Crippen molar-refractivity contribution >= 4 is 5.91 Å². The van der Waals surface area contributed by atoms with Crippen LogP contribution in [0.5, 0.6) is 0 Å². The topological polar surface area (TPSA) is 50.2 Å². The Hall–Kier alpha value is -1.62. The first-order valence-corrected chi connectivity index (χ1v) is 7.40. The predicted molar refractivity (Wildman–Crippen MR) is 79.6 cm³/mol. The summed E-state index contributed by atoms with van der Waals surface area (Å²) < 4.78 is 1.82. The molecule has 2 rings (SSSR count). The van der Waals surface area contributed by atoms with Crippen molar-refractivity contribution in [2.24, 2.45) is 0 Å². The number of carbonyl (C=O) groups is 1. The Labute approximate surface area is 120 Å². The average Bonchev–Trinajstić information content (AvgIpc) is 2.90. The van der Waals surface area contributed by atoms with Crippen molar-refractivity contribution < 1.29 is 4.79 Å². The monoisotopic (exact) mass is 276 g/mol. The fourth-order valence-electron chi connectivity index (χ4n) is 2.54. The molecule has 2 heterocycles. The number of hydrogen-bond acceptors (Lipinski definition) is 3. The van der Waals surface area contributed by atoms with E-state index in [0.29, 0.717) is 5.69 Å². The van der Waals surface area contributed by atoms with E-state index in [2.05, 4.69) is 28.8 Å². The predicted octanol–water partition coefficient (Wildman–Crippen LogP) is 1.67. The van der Waals surface area contributed by atoms with E-state index >= 15 is 0 Å². The van der Waals surface area contributed by atoms with Gasteiger partial charge in [0.25, 0.3) is 5.91 Å². The number of amides is 1. The highest BCUT2D eigenvalue weighted by Crippen LogP contribution is 2.10. The molecule has 1 aliphatic heterocycles. The van der Waals surface area contributed by atoms with Crippen molar-refractivity contribution in [2.45, 2.75) is 38.8 Å². The van der Waals surface area contributed by atoms with Gasteiger partial charge in [-0.1, -0.05) is 13.0 Å². The quantitative estimate of drug-likeness (QED) is 0.804. The molecule has 5 nitrogen and oxygen atoms in total. The molecule has 0 atom stereocenters. The SMILES string of the molecule is C=CCN1CCC(NC(=O)c2ccn(CCC)n2)CC1. The molecule has 20 heavy (non-hydrogen) atoms. The van der Waals surface area contributed by atoms with Gasteiger partial charge in [-0.25, -0.2) is 0 Å². The first-order valence-electron chi connectivity index (χ1n) is 7.40. The summed E-state index contributed by atoms with van der Waals surface area (Å²) >= 11 is 0. The Morgan fingerprint density at radius 3 is 2.95 bits per heavy atom. The minimum atomic E-state index is -0.0537. The van der Waals surface area contributed by atoms with Crippen LogP contribution in [0.15, 0.2) is 24.9 Å². The molecule has 1 amide bonds. The van der Waals surface area contributed by atoms with Gasteiger partial charge in [0, 0.05) is 38.4 Å². The van der Waals surface area contributed by atoms with Gasteiger partial charge in [-0.3, -0.25) is 14.4 Å². The van der Waals surface area contributed by atoms with E-state index in [1.165, 1.54) is 0 Å². The first kappa shape index (κ1) is 14.8. The number of aryl methyl sites for hydroxylation is 1. The number of rotatable bonds is 6. The molecule has 1 N–H and O–H groups in total. The molecule has 5 heteroatoms. The summed E-state index contributed by atoms with van der Waals surface area (Å²) in [5.41, 5.74) is 0.520. The van der Waals surface area contributed by atoms with Crippen LogP contribution in [0.4, 0.5) is 0 Å². The second-order valence-electron chi connectivity index (χ2n) is 5.30. The fraction of sp³-hybridized carbons (Fsp3) is 0.600. The normalized spacial score (nSPS) is 17.1. The first-order chi connectivity index (χ1) is 9.72. The van der Waals surface area contributed by atoms with Crippen molar-refractivity contribution in [1.82, 2.24) is 20.0 Å². The van der Waals surface area contributed by atoms with E-state index in [4.69, 9.17) is 0 Å². The average molecular weight is 276 g/mol. The lowest BCUT2D eigenvalue weighted by atomic mass is 10.0. The summed E-state index contributed by atoms with van der Waals surface area (Å²) in [4.78, 5) is 14.5. The molecule has 1 aliphatic rings. The van der Waals surface area contributed by atoms with Gasteiger partial charge in [-0.2, -0.15) is 5.10 Å². The van der Waals surface area contributed by atoms with Gasteiger partial charge < -0.3 is 5.32 Å². The van der Waals surface area contributed by atoms with Crippen LogP contribution in [0.25, 0.3) is 0 Å². The highest BCUT2D eigenvalue weighted by molar-refractivity contribution is 5.92. The highest BCUT2D eigenvalue weighted by Gasteiger charge is 2.21. The van der Waals surface area contributed by atoms with Crippen molar-refractivity contribution in [3.8, 4) is 0 Å². The Morgan fingerprint density at radius 1 is 1.55 bits per heavy atom. The molecule has 0 bridgehead atoms. The molecule has 0 unspecified atom stereocenters. The summed E-state index contributed by atoms with van der Waals surface area (Å²) in [6.07, 6.45) is 6.80. The third-order valence-electron chi connectivity index (χ3n) is 3.64. The zero-order chi connectivity index (χ0) is 14.4. The van der Waals surface area contributed by atoms with Gasteiger partial charge in [0.2, 0.25) is 0 Å². The van der Waals surface area contributed by atoms with E-state index < -0.39 is 0 Å². The van der Waals surface area contributed by atoms with Crippen LogP contribution in [-0.4, -0.2) is 46.3 Å². The van der Waals surface area contributed by atoms with Gasteiger partial charge in [0.15, 0.2) is 0 Å². The maximum atomic E-state index is 12.1. The van der Waals surface area contributed by atoms with Crippen LogP contribution in [0, 0.1) is 0 Å². The molecule has 1 aromatic heterocycles. The van der Waals surface area contributed by atoms with Gasteiger partial charge in [-0.05, 0) is 25.3 Å². The summed E-state index contributed by atoms with van der Waals surface area (Å²) in [5.74, 6) is -0.0537. The molecule has 0 radical (unpaired) electrons. The summed E-state index contributed by atoms with van der Waals surface area (Å²) in [6, 6.07) is 2.05. The van der Waals surface area contributed by atoms with Gasteiger partial charge in [-0.15, -0.1) is 6.58 Å². The van der Waals surface area contributed by atoms with Crippen LogP contribution < -0.4 is 5.32 Å². The molecular weight excluding hydrogens is 252 g/mol. The summed E-state index contributed by atoms with van der Waals surface area (Å²) in [5, 5.41) is 7.38.